The van der Waals surface area contributed by atoms with Crippen LogP contribution in [0.15, 0.2) is 53.8 Å². The maximum absolute atomic E-state index is 12.0. The summed E-state index contributed by atoms with van der Waals surface area (Å²) in [6, 6.07) is 15.6. The zero-order chi connectivity index (χ0) is 18.9. The van der Waals surface area contributed by atoms with Gasteiger partial charge in [-0.25, -0.2) is 5.01 Å². The number of rotatable bonds is 5. The summed E-state index contributed by atoms with van der Waals surface area (Å²) >= 11 is 0. The van der Waals surface area contributed by atoms with Gasteiger partial charge in [0.25, 0.3) is 0 Å². The van der Waals surface area contributed by atoms with Crippen molar-refractivity contribution in [2.24, 2.45) is 5.29 Å². The van der Waals surface area contributed by atoms with Crippen molar-refractivity contribution in [3.8, 4) is 5.69 Å². The molecule has 7 nitrogen and oxygen atoms in total. The van der Waals surface area contributed by atoms with Gasteiger partial charge in [0, 0.05) is 0 Å². The first-order valence-electron chi connectivity index (χ1n) is 9.21. The topological polar surface area (TPSA) is 76.3 Å². The molecule has 0 saturated heterocycles. The number of tetrazole rings is 1. The van der Waals surface area contributed by atoms with Crippen molar-refractivity contribution >= 4 is 5.69 Å². The quantitative estimate of drug-likeness (QED) is 0.501. The van der Waals surface area contributed by atoms with Gasteiger partial charge in [0.2, 0.25) is 0 Å². The molecule has 1 aliphatic rings. The van der Waals surface area contributed by atoms with E-state index in [2.05, 4.69) is 20.8 Å². The van der Waals surface area contributed by atoms with E-state index in [1.807, 2.05) is 62.4 Å². The molecule has 138 valence electrons. The lowest BCUT2D eigenvalue weighted by Crippen LogP contribution is -2.43. The highest BCUT2D eigenvalue weighted by Gasteiger charge is 2.47. The molecule has 0 amide bonds. The molecule has 2 aromatic carbocycles. The highest BCUT2D eigenvalue weighted by atomic mass is 16.3. The third-order valence-electron chi connectivity index (χ3n) is 5.46. The summed E-state index contributed by atoms with van der Waals surface area (Å²) in [6.07, 6.45) is 3.55. The van der Waals surface area contributed by atoms with Gasteiger partial charge in [0.1, 0.15) is 5.54 Å². The van der Waals surface area contributed by atoms with Crippen molar-refractivity contribution in [3.63, 3.8) is 0 Å². The Hall–Kier alpha value is -3.09. The molecular weight excluding hydrogens is 340 g/mol. The minimum atomic E-state index is -0.651. The van der Waals surface area contributed by atoms with Gasteiger partial charge in [-0.2, -0.15) is 4.68 Å². The van der Waals surface area contributed by atoms with Crippen molar-refractivity contribution in [1.82, 2.24) is 20.2 Å². The Kier molecular flexibility index (Phi) is 4.43. The number of nitrogens with zero attached hydrogens (tertiary/aromatic N) is 6. The highest BCUT2D eigenvalue weighted by Crippen LogP contribution is 2.46. The number of anilines is 1. The van der Waals surface area contributed by atoms with Crippen LogP contribution >= 0.6 is 0 Å². The predicted molar refractivity (Wildman–Crippen MR) is 103 cm³/mol. The Morgan fingerprint density at radius 2 is 1.67 bits per heavy atom. The van der Waals surface area contributed by atoms with E-state index in [0.29, 0.717) is 5.82 Å². The number of benzene rings is 2. The Balaban J connectivity index is 1.90. The number of aryl methyl sites for hydroxylation is 2. The zero-order valence-corrected chi connectivity index (χ0v) is 15.5. The maximum Gasteiger partial charge on any atom is 0.184 e. The monoisotopic (exact) mass is 362 g/mol. The third kappa shape index (κ3) is 2.79. The van der Waals surface area contributed by atoms with Gasteiger partial charge < -0.3 is 0 Å². The van der Waals surface area contributed by atoms with Crippen molar-refractivity contribution < 1.29 is 0 Å². The normalized spacial score (nSPS) is 15.6. The van der Waals surface area contributed by atoms with Gasteiger partial charge in [0.15, 0.2) is 5.82 Å². The maximum atomic E-state index is 12.0. The van der Waals surface area contributed by atoms with Crippen LogP contribution in [0.4, 0.5) is 5.69 Å². The molecule has 1 fully saturated rings. The van der Waals surface area contributed by atoms with Crippen LogP contribution in [0, 0.1) is 18.8 Å². The van der Waals surface area contributed by atoms with E-state index in [0.717, 1.165) is 48.2 Å². The molecule has 3 aromatic rings. The van der Waals surface area contributed by atoms with Crippen LogP contribution in [-0.2, 0) is 5.54 Å². The van der Waals surface area contributed by atoms with Crippen LogP contribution in [0.2, 0.25) is 0 Å². The SMILES string of the molecule is Cc1cccc(C)c1-n1nnnc1C1(N(N=O)c2ccccc2)CCCC1. The van der Waals surface area contributed by atoms with E-state index in [4.69, 9.17) is 0 Å². The number of aromatic nitrogens is 4. The second-order valence-corrected chi connectivity index (χ2v) is 7.12. The first kappa shape index (κ1) is 17.3. The molecule has 1 aliphatic carbocycles. The van der Waals surface area contributed by atoms with E-state index in [1.165, 1.54) is 0 Å². The molecule has 0 atom stereocenters. The lowest BCUT2D eigenvalue weighted by atomic mass is 9.94. The second-order valence-electron chi connectivity index (χ2n) is 7.12. The van der Waals surface area contributed by atoms with E-state index >= 15 is 0 Å². The van der Waals surface area contributed by atoms with Crippen LogP contribution in [0.5, 0.6) is 0 Å². The first-order chi connectivity index (χ1) is 13.2. The Bertz CT molecular complexity index is 926. The number of hydrogen-bond acceptors (Lipinski definition) is 5. The largest absolute Gasteiger partial charge is 0.215 e. The standard InChI is InChI=1S/C20H22N6O/c1-15-9-8-10-16(2)18(15)25-19(21-22-23-25)20(13-6-7-14-20)26(24-27)17-11-4-3-5-12-17/h3-5,8-12H,6-7,13-14H2,1-2H3. The molecule has 27 heavy (non-hydrogen) atoms. The van der Waals surface area contributed by atoms with Crippen molar-refractivity contribution in [2.75, 3.05) is 5.01 Å². The van der Waals surface area contributed by atoms with E-state index in [1.54, 1.807) is 9.69 Å². The van der Waals surface area contributed by atoms with Crippen LogP contribution in [0.25, 0.3) is 5.69 Å². The highest BCUT2D eigenvalue weighted by molar-refractivity contribution is 5.51. The molecule has 0 spiro atoms. The summed E-state index contributed by atoms with van der Waals surface area (Å²) in [6.45, 7) is 4.09. The van der Waals surface area contributed by atoms with Crippen molar-refractivity contribution in [3.05, 3.63) is 70.4 Å². The summed E-state index contributed by atoms with van der Waals surface area (Å²) in [4.78, 5) is 12.0. The van der Waals surface area contributed by atoms with Crippen molar-refractivity contribution in [2.45, 2.75) is 45.1 Å². The summed E-state index contributed by atoms with van der Waals surface area (Å²) < 4.78 is 1.79. The second kappa shape index (κ2) is 6.90. The Morgan fingerprint density at radius 3 is 2.30 bits per heavy atom. The molecule has 0 aliphatic heterocycles. The Labute approximate surface area is 158 Å². The van der Waals surface area contributed by atoms with Crippen LogP contribution in [0.3, 0.4) is 0 Å². The molecule has 1 heterocycles. The third-order valence-corrected chi connectivity index (χ3v) is 5.46. The molecule has 0 N–H and O–H groups in total. The van der Waals surface area contributed by atoms with Crippen molar-refractivity contribution in [1.29, 1.82) is 0 Å². The number of para-hydroxylation sites is 2. The van der Waals surface area contributed by atoms with Crippen LogP contribution < -0.4 is 5.01 Å². The average molecular weight is 362 g/mol. The van der Waals surface area contributed by atoms with Gasteiger partial charge in [-0.3, -0.25) is 0 Å². The average Bonchev–Trinajstić information content (AvgIpc) is 3.34. The molecule has 1 aromatic heterocycles. The van der Waals surface area contributed by atoms with Gasteiger partial charge in [-0.1, -0.05) is 49.2 Å². The number of nitroso groups, excluding NO2 is 1. The molecule has 7 heteroatoms. The van der Waals surface area contributed by atoms with E-state index < -0.39 is 5.54 Å². The fourth-order valence-corrected chi connectivity index (χ4v) is 4.20. The fourth-order valence-electron chi connectivity index (χ4n) is 4.20. The van der Waals surface area contributed by atoms with Gasteiger partial charge in [-0.05, 0) is 60.4 Å². The lowest BCUT2D eigenvalue weighted by molar-refractivity contribution is 0.380. The minimum absolute atomic E-state index is 0.651. The zero-order valence-electron chi connectivity index (χ0n) is 15.5. The molecule has 0 unspecified atom stereocenters. The first-order valence-corrected chi connectivity index (χ1v) is 9.21. The minimum Gasteiger partial charge on any atom is -0.215 e. The molecular formula is C20H22N6O. The number of hydrogen-bond donors (Lipinski definition) is 0. The summed E-state index contributed by atoms with van der Waals surface area (Å²) in [7, 11) is 0. The fraction of sp³-hybridized carbons (Fsp3) is 0.350. The summed E-state index contributed by atoms with van der Waals surface area (Å²) in [5, 5.41) is 17.6. The van der Waals surface area contributed by atoms with Gasteiger partial charge >= 0.3 is 0 Å². The Morgan fingerprint density at radius 1 is 1.00 bits per heavy atom. The molecule has 4 rings (SSSR count). The van der Waals surface area contributed by atoms with E-state index in [-0.39, 0.29) is 0 Å². The van der Waals surface area contributed by atoms with Crippen LogP contribution in [-0.4, -0.2) is 20.2 Å². The summed E-state index contributed by atoms with van der Waals surface area (Å²) in [5.74, 6) is 0.667. The summed E-state index contributed by atoms with van der Waals surface area (Å²) in [5.41, 5.74) is 3.23. The molecule has 0 radical (unpaired) electrons. The van der Waals surface area contributed by atoms with Crippen LogP contribution in [0.1, 0.15) is 42.6 Å². The van der Waals surface area contributed by atoms with Gasteiger partial charge in [0.05, 0.1) is 16.7 Å². The molecule has 0 bridgehead atoms. The van der Waals surface area contributed by atoms with E-state index in [9.17, 15) is 4.91 Å². The van der Waals surface area contributed by atoms with Gasteiger partial charge in [-0.15, -0.1) is 10.0 Å². The predicted octanol–water partition coefficient (Wildman–Crippen LogP) is 4.24. The lowest BCUT2D eigenvalue weighted by Gasteiger charge is -2.35. The smallest absolute Gasteiger partial charge is 0.184 e. The molecule has 1 saturated carbocycles.